The predicted molar refractivity (Wildman–Crippen MR) is 126 cm³/mol. The maximum Gasteiger partial charge on any atom is 0.256 e. The molecule has 2 aliphatic rings. The molecule has 2 aromatic rings. The van der Waals surface area contributed by atoms with Gasteiger partial charge in [-0.1, -0.05) is 29.8 Å². The Morgan fingerprint density at radius 3 is 2.54 bits per heavy atom. The molecule has 0 aliphatic carbocycles. The van der Waals surface area contributed by atoms with E-state index in [1.54, 1.807) is 36.3 Å². The highest BCUT2D eigenvalue weighted by molar-refractivity contribution is 5.99. The lowest BCUT2D eigenvalue weighted by Crippen LogP contribution is -2.60. The standard InChI is InChI=1S/C26H30FN3O5/c1-18-6-5-7-19(16-18)24(32)30-22(23(31)28-12-15-34-2)17-35-26(30)10-13-29(14-11-26)25(33)20-8-3-4-9-21(20)27/h3-9,16,22H,10-15,17H2,1-2H3,(H,28,31)/t22-/m1/s1. The Labute approximate surface area is 204 Å². The van der Waals surface area contributed by atoms with Gasteiger partial charge in [0.05, 0.1) is 18.8 Å². The number of nitrogens with zero attached hydrogens (tertiary/aromatic N) is 2. The second-order valence-electron chi connectivity index (χ2n) is 8.87. The van der Waals surface area contributed by atoms with Gasteiger partial charge in [-0.25, -0.2) is 4.39 Å². The molecular weight excluding hydrogens is 453 g/mol. The minimum atomic E-state index is -1.03. The third kappa shape index (κ3) is 5.06. The summed E-state index contributed by atoms with van der Waals surface area (Å²) in [6, 6.07) is 12.3. The number of likely N-dealkylation sites (tertiary alicyclic amines) is 1. The van der Waals surface area contributed by atoms with Gasteiger partial charge in [0.25, 0.3) is 11.8 Å². The first-order valence-corrected chi connectivity index (χ1v) is 11.7. The normalized spacial score (nSPS) is 19.1. The van der Waals surface area contributed by atoms with Crippen molar-refractivity contribution in [1.29, 1.82) is 0 Å². The molecule has 8 nitrogen and oxygen atoms in total. The number of halogens is 1. The molecule has 1 N–H and O–H groups in total. The third-order valence-corrected chi connectivity index (χ3v) is 6.59. The Kier molecular flexibility index (Phi) is 7.47. The lowest BCUT2D eigenvalue weighted by molar-refractivity contribution is -0.128. The molecule has 186 valence electrons. The Hall–Kier alpha value is -3.30. The maximum atomic E-state index is 14.2. The topological polar surface area (TPSA) is 88.2 Å². The van der Waals surface area contributed by atoms with Gasteiger partial charge in [-0.3, -0.25) is 19.3 Å². The number of piperidine rings is 1. The van der Waals surface area contributed by atoms with Gasteiger partial charge >= 0.3 is 0 Å². The highest BCUT2D eigenvalue weighted by Crippen LogP contribution is 2.39. The molecule has 0 radical (unpaired) electrons. The van der Waals surface area contributed by atoms with Gasteiger partial charge in [-0.15, -0.1) is 0 Å². The summed E-state index contributed by atoms with van der Waals surface area (Å²) in [5.41, 5.74) is 0.376. The number of amides is 3. The third-order valence-electron chi connectivity index (χ3n) is 6.59. The van der Waals surface area contributed by atoms with Crippen molar-refractivity contribution in [3.05, 3.63) is 71.0 Å². The van der Waals surface area contributed by atoms with Crippen molar-refractivity contribution in [2.24, 2.45) is 0 Å². The van der Waals surface area contributed by atoms with Crippen LogP contribution in [0.5, 0.6) is 0 Å². The first-order chi connectivity index (χ1) is 16.9. The van der Waals surface area contributed by atoms with E-state index in [9.17, 15) is 18.8 Å². The van der Waals surface area contributed by atoms with Crippen molar-refractivity contribution in [1.82, 2.24) is 15.1 Å². The number of hydrogen-bond donors (Lipinski definition) is 1. The van der Waals surface area contributed by atoms with E-state index in [-0.39, 0.29) is 37.1 Å². The summed E-state index contributed by atoms with van der Waals surface area (Å²) in [5, 5.41) is 2.81. The average molecular weight is 484 g/mol. The highest BCUT2D eigenvalue weighted by Gasteiger charge is 2.54. The Balaban J connectivity index is 1.57. The van der Waals surface area contributed by atoms with Crippen molar-refractivity contribution >= 4 is 17.7 Å². The second-order valence-corrected chi connectivity index (χ2v) is 8.87. The first-order valence-electron chi connectivity index (χ1n) is 11.7. The average Bonchev–Trinajstić information content (AvgIpc) is 3.22. The van der Waals surface area contributed by atoms with Crippen LogP contribution in [0.4, 0.5) is 4.39 Å². The summed E-state index contributed by atoms with van der Waals surface area (Å²) in [5.74, 6) is -1.59. The summed E-state index contributed by atoms with van der Waals surface area (Å²) >= 11 is 0. The summed E-state index contributed by atoms with van der Waals surface area (Å²) in [4.78, 5) is 42.7. The predicted octanol–water partition coefficient (Wildman–Crippen LogP) is 2.37. The quantitative estimate of drug-likeness (QED) is 0.638. The van der Waals surface area contributed by atoms with Crippen molar-refractivity contribution in [2.45, 2.75) is 31.5 Å². The lowest BCUT2D eigenvalue weighted by Gasteiger charge is -2.44. The molecule has 2 aromatic carbocycles. The van der Waals surface area contributed by atoms with Crippen molar-refractivity contribution in [3.63, 3.8) is 0 Å². The van der Waals surface area contributed by atoms with Crippen LogP contribution in [-0.4, -0.2) is 79.2 Å². The van der Waals surface area contributed by atoms with E-state index in [0.717, 1.165) is 5.56 Å². The molecule has 1 spiro atoms. The molecular formula is C26H30FN3O5. The SMILES string of the molecule is COCCNC(=O)[C@H]1COC2(CCN(C(=O)c3ccccc3F)CC2)N1C(=O)c1cccc(C)c1. The molecule has 9 heteroatoms. The van der Waals surface area contributed by atoms with Gasteiger partial charge < -0.3 is 19.7 Å². The van der Waals surface area contributed by atoms with Gasteiger partial charge in [-0.05, 0) is 31.2 Å². The Morgan fingerprint density at radius 2 is 1.86 bits per heavy atom. The molecule has 0 aromatic heterocycles. The number of nitrogens with one attached hydrogen (secondary N) is 1. The fourth-order valence-electron chi connectivity index (χ4n) is 4.74. The minimum Gasteiger partial charge on any atom is -0.383 e. The van der Waals surface area contributed by atoms with Crippen LogP contribution in [0.15, 0.2) is 48.5 Å². The molecule has 35 heavy (non-hydrogen) atoms. The molecule has 3 amide bonds. The van der Waals surface area contributed by atoms with Crippen LogP contribution in [0.3, 0.4) is 0 Å². The molecule has 4 rings (SSSR count). The number of benzene rings is 2. The fraction of sp³-hybridized carbons (Fsp3) is 0.423. The highest BCUT2D eigenvalue weighted by atomic mass is 19.1. The van der Waals surface area contributed by atoms with E-state index in [1.165, 1.54) is 23.1 Å². The summed E-state index contributed by atoms with van der Waals surface area (Å²) in [6.45, 7) is 3.15. The lowest BCUT2D eigenvalue weighted by atomic mass is 9.95. The number of hydrogen-bond acceptors (Lipinski definition) is 5. The number of ether oxygens (including phenoxy) is 2. The molecule has 2 heterocycles. The van der Waals surface area contributed by atoms with E-state index in [0.29, 0.717) is 31.6 Å². The Morgan fingerprint density at radius 1 is 1.11 bits per heavy atom. The molecule has 2 fully saturated rings. The minimum absolute atomic E-state index is 0.0129. The summed E-state index contributed by atoms with van der Waals surface area (Å²) < 4.78 is 25.3. The van der Waals surface area contributed by atoms with Crippen molar-refractivity contribution < 1.29 is 28.2 Å². The van der Waals surface area contributed by atoms with Crippen LogP contribution in [0.1, 0.15) is 39.1 Å². The van der Waals surface area contributed by atoms with Crippen LogP contribution in [0, 0.1) is 12.7 Å². The zero-order valence-electron chi connectivity index (χ0n) is 20.0. The fourth-order valence-corrected chi connectivity index (χ4v) is 4.74. The van der Waals surface area contributed by atoms with Gasteiger partial charge in [0.15, 0.2) is 0 Å². The molecule has 0 bridgehead atoms. The largest absolute Gasteiger partial charge is 0.383 e. The van der Waals surface area contributed by atoms with E-state index in [2.05, 4.69) is 5.32 Å². The van der Waals surface area contributed by atoms with Crippen molar-refractivity contribution in [3.8, 4) is 0 Å². The maximum absolute atomic E-state index is 14.2. The molecule has 2 saturated heterocycles. The van der Waals surface area contributed by atoms with Crippen LogP contribution in [0.2, 0.25) is 0 Å². The van der Waals surface area contributed by atoms with Crippen LogP contribution >= 0.6 is 0 Å². The zero-order chi connectivity index (χ0) is 25.0. The van der Waals surface area contributed by atoms with E-state index in [4.69, 9.17) is 9.47 Å². The van der Waals surface area contributed by atoms with Gasteiger partial charge in [-0.2, -0.15) is 0 Å². The summed E-state index contributed by atoms with van der Waals surface area (Å²) in [7, 11) is 1.55. The van der Waals surface area contributed by atoms with E-state index in [1.807, 2.05) is 13.0 Å². The van der Waals surface area contributed by atoms with Gasteiger partial charge in [0, 0.05) is 45.1 Å². The van der Waals surface area contributed by atoms with E-state index < -0.39 is 23.5 Å². The zero-order valence-corrected chi connectivity index (χ0v) is 20.0. The second kappa shape index (κ2) is 10.5. The number of methoxy groups -OCH3 is 1. The number of carbonyl (C=O) groups is 3. The smallest absolute Gasteiger partial charge is 0.256 e. The molecule has 2 aliphatic heterocycles. The monoisotopic (exact) mass is 483 g/mol. The number of rotatable bonds is 6. The summed E-state index contributed by atoms with van der Waals surface area (Å²) in [6.07, 6.45) is 0.624. The van der Waals surface area contributed by atoms with Crippen molar-refractivity contribution in [2.75, 3.05) is 40.0 Å². The Bertz CT molecular complexity index is 1100. The molecule has 0 unspecified atom stereocenters. The van der Waals surface area contributed by atoms with Gasteiger partial charge in [0.2, 0.25) is 5.91 Å². The number of carbonyl (C=O) groups excluding carboxylic acids is 3. The first kappa shape index (κ1) is 24.8. The molecule has 0 saturated carbocycles. The van der Waals surface area contributed by atoms with E-state index >= 15 is 0 Å². The van der Waals surface area contributed by atoms with Crippen LogP contribution < -0.4 is 5.32 Å². The molecule has 1 atom stereocenters. The van der Waals surface area contributed by atoms with Crippen LogP contribution in [0.25, 0.3) is 0 Å². The van der Waals surface area contributed by atoms with Crippen LogP contribution in [-0.2, 0) is 14.3 Å². The van der Waals surface area contributed by atoms with Gasteiger partial charge in [0.1, 0.15) is 17.6 Å². The number of aryl methyl sites for hydroxylation is 1.